The average Bonchev–Trinajstić information content (AvgIpc) is 2.80. The van der Waals surface area contributed by atoms with E-state index >= 15 is 0 Å². The van der Waals surface area contributed by atoms with Gasteiger partial charge < -0.3 is 9.67 Å². The normalized spacial score (nSPS) is 17.8. The molecule has 1 N–H and O–H groups in total. The number of aromatic carboxylic acids is 1. The molecule has 0 amide bonds. The topological polar surface area (TPSA) is 55.1 Å². The molecule has 1 unspecified atom stereocenters. The van der Waals surface area contributed by atoms with Gasteiger partial charge in [-0.1, -0.05) is 19.1 Å². The van der Waals surface area contributed by atoms with E-state index in [4.69, 9.17) is 0 Å². The fraction of sp³-hybridized carbons (Fsp3) is 0.333. The average molecular weight is 274 g/mol. The summed E-state index contributed by atoms with van der Waals surface area (Å²) in [5.41, 5.74) is 1.47. The van der Waals surface area contributed by atoms with E-state index in [1.165, 1.54) is 12.1 Å². The minimum atomic E-state index is -1.02. The molecule has 0 fully saturated rings. The van der Waals surface area contributed by atoms with Crippen LogP contribution in [0.25, 0.3) is 11.4 Å². The number of hydrogen-bond acceptors (Lipinski definition) is 2. The van der Waals surface area contributed by atoms with Gasteiger partial charge in [-0.15, -0.1) is 0 Å². The Morgan fingerprint density at radius 3 is 3.00 bits per heavy atom. The van der Waals surface area contributed by atoms with Crippen molar-refractivity contribution >= 4 is 5.97 Å². The Morgan fingerprint density at radius 2 is 2.30 bits per heavy atom. The Morgan fingerprint density at radius 1 is 1.50 bits per heavy atom. The molecule has 104 valence electrons. The summed E-state index contributed by atoms with van der Waals surface area (Å²) in [7, 11) is 0. The Balaban J connectivity index is 2.22. The zero-order valence-corrected chi connectivity index (χ0v) is 11.1. The summed E-state index contributed by atoms with van der Waals surface area (Å²) < 4.78 is 15.3. The van der Waals surface area contributed by atoms with Crippen LogP contribution in [-0.4, -0.2) is 20.6 Å². The number of carbonyl (C=O) groups is 1. The highest BCUT2D eigenvalue weighted by Gasteiger charge is 2.28. The summed E-state index contributed by atoms with van der Waals surface area (Å²) in [5, 5.41) is 9.32. The molecule has 0 bridgehead atoms. The van der Waals surface area contributed by atoms with Crippen molar-refractivity contribution in [3.8, 4) is 11.4 Å². The van der Waals surface area contributed by atoms with E-state index in [1.54, 1.807) is 12.1 Å². The quantitative estimate of drug-likeness (QED) is 0.914. The summed E-state index contributed by atoms with van der Waals surface area (Å²) in [4.78, 5) is 15.6. The zero-order valence-electron chi connectivity index (χ0n) is 11.1. The molecule has 20 heavy (non-hydrogen) atoms. The highest BCUT2D eigenvalue weighted by atomic mass is 19.1. The van der Waals surface area contributed by atoms with Crippen LogP contribution in [0.4, 0.5) is 4.39 Å². The van der Waals surface area contributed by atoms with Crippen molar-refractivity contribution in [2.45, 2.75) is 32.2 Å². The summed E-state index contributed by atoms with van der Waals surface area (Å²) >= 11 is 0. The maximum Gasteiger partial charge on any atom is 0.356 e. The van der Waals surface area contributed by atoms with E-state index in [1.807, 2.05) is 11.5 Å². The van der Waals surface area contributed by atoms with E-state index in [-0.39, 0.29) is 17.4 Å². The predicted molar refractivity (Wildman–Crippen MR) is 72.2 cm³/mol. The van der Waals surface area contributed by atoms with E-state index in [0.717, 1.165) is 25.1 Å². The number of carboxylic acids is 1. The number of imidazole rings is 1. The second-order valence-electron chi connectivity index (χ2n) is 5.18. The molecule has 2 aromatic rings. The van der Waals surface area contributed by atoms with Crippen molar-refractivity contribution in [1.29, 1.82) is 0 Å². The molecule has 1 aliphatic heterocycles. The SMILES string of the molecule is CC1CCCn2c(-c3cccc(F)c3)nc(C(=O)O)c21. The Hall–Kier alpha value is -2.17. The first-order chi connectivity index (χ1) is 9.58. The number of nitrogens with zero attached hydrogens (tertiary/aromatic N) is 2. The van der Waals surface area contributed by atoms with Crippen LogP contribution in [0.2, 0.25) is 0 Å². The van der Waals surface area contributed by atoms with Crippen LogP contribution in [0.3, 0.4) is 0 Å². The van der Waals surface area contributed by atoms with Gasteiger partial charge in [-0.3, -0.25) is 0 Å². The predicted octanol–water partition coefficient (Wildman–Crippen LogP) is 3.28. The highest BCUT2D eigenvalue weighted by Crippen LogP contribution is 2.34. The van der Waals surface area contributed by atoms with Crippen LogP contribution in [0.15, 0.2) is 24.3 Å². The second-order valence-corrected chi connectivity index (χ2v) is 5.18. The number of benzene rings is 1. The summed E-state index contributed by atoms with van der Waals surface area (Å²) in [5.74, 6) is -0.668. The molecule has 1 aromatic carbocycles. The van der Waals surface area contributed by atoms with Gasteiger partial charge in [0.05, 0.1) is 5.69 Å². The van der Waals surface area contributed by atoms with E-state index in [9.17, 15) is 14.3 Å². The van der Waals surface area contributed by atoms with Crippen LogP contribution in [0.5, 0.6) is 0 Å². The molecule has 5 heteroatoms. The number of halogens is 1. The van der Waals surface area contributed by atoms with E-state index in [2.05, 4.69) is 4.98 Å². The molecule has 1 aromatic heterocycles. The number of hydrogen-bond donors (Lipinski definition) is 1. The molecule has 1 atom stereocenters. The lowest BCUT2D eigenvalue weighted by atomic mass is 9.96. The highest BCUT2D eigenvalue weighted by molar-refractivity contribution is 5.88. The van der Waals surface area contributed by atoms with Crippen LogP contribution in [0.1, 0.15) is 41.9 Å². The van der Waals surface area contributed by atoms with Crippen LogP contribution >= 0.6 is 0 Å². The molecule has 0 saturated carbocycles. The monoisotopic (exact) mass is 274 g/mol. The smallest absolute Gasteiger partial charge is 0.356 e. The number of aromatic nitrogens is 2. The largest absolute Gasteiger partial charge is 0.476 e. The third-order valence-corrected chi connectivity index (χ3v) is 3.78. The van der Waals surface area contributed by atoms with Gasteiger partial charge in [0, 0.05) is 12.1 Å². The fourth-order valence-electron chi connectivity index (χ4n) is 2.89. The lowest BCUT2D eigenvalue weighted by Gasteiger charge is -2.22. The fourth-order valence-corrected chi connectivity index (χ4v) is 2.89. The molecular formula is C15H15FN2O2. The van der Waals surface area contributed by atoms with Crippen molar-refractivity contribution in [2.24, 2.45) is 0 Å². The second kappa shape index (κ2) is 4.74. The number of carboxylic acid groups (broad SMARTS) is 1. The maximum atomic E-state index is 13.4. The van der Waals surface area contributed by atoms with Crippen molar-refractivity contribution in [2.75, 3.05) is 0 Å². The van der Waals surface area contributed by atoms with Gasteiger partial charge in [-0.25, -0.2) is 14.2 Å². The number of fused-ring (bicyclic) bond motifs is 1. The van der Waals surface area contributed by atoms with Gasteiger partial charge in [0.2, 0.25) is 0 Å². The molecule has 1 aliphatic rings. The zero-order chi connectivity index (χ0) is 14.3. The molecule has 3 rings (SSSR count). The number of rotatable bonds is 2. The first-order valence-corrected chi connectivity index (χ1v) is 6.67. The van der Waals surface area contributed by atoms with Gasteiger partial charge in [0.25, 0.3) is 0 Å². The van der Waals surface area contributed by atoms with Crippen molar-refractivity contribution in [1.82, 2.24) is 9.55 Å². The third-order valence-electron chi connectivity index (χ3n) is 3.78. The Bertz CT molecular complexity index is 679. The van der Waals surface area contributed by atoms with Crippen molar-refractivity contribution in [3.05, 3.63) is 41.5 Å². The van der Waals surface area contributed by atoms with Crippen molar-refractivity contribution in [3.63, 3.8) is 0 Å². The maximum absolute atomic E-state index is 13.4. The van der Waals surface area contributed by atoms with E-state index < -0.39 is 5.97 Å². The van der Waals surface area contributed by atoms with Crippen LogP contribution < -0.4 is 0 Å². The van der Waals surface area contributed by atoms with Crippen LogP contribution in [0, 0.1) is 5.82 Å². The summed E-state index contributed by atoms with van der Waals surface area (Å²) in [6.45, 7) is 2.74. The van der Waals surface area contributed by atoms with E-state index in [0.29, 0.717) is 11.4 Å². The Kier molecular flexibility index (Phi) is 3.04. The molecular weight excluding hydrogens is 259 g/mol. The first-order valence-electron chi connectivity index (χ1n) is 6.67. The Labute approximate surface area is 115 Å². The molecule has 0 spiro atoms. The molecule has 4 nitrogen and oxygen atoms in total. The minimum absolute atomic E-state index is 0.0939. The van der Waals surface area contributed by atoms with Gasteiger partial charge in [-0.2, -0.15) is 0 Å². The molecule has 2 heterocycles. The molecule has 0 radical (unpaired) electrons. The summed E-state index contributed by atoms with van der Waals surface area (Å²) in [6.07, 6.45) is 1.93. The first kappa shape index (κ1) is 12.8. The van der Waals surface area contributed by atoms with Gasteiger partial charge in [0.15, 0.2) is 5.69 Å². The minimum Gasteiger partial charge on any atom is -0.476 e. The van der Waals surface area contributed by atoms with Crippen LogP contribution in [-0.2, 0) is 6.54 Å². The standard InChI is InChI=1S/C15H15FN2O2/c1-9-4-3-7-18-13(9)12(15(19)20)17-14(18)10-5-2-6-11(16)8-10/h2,5-6,8-9H,3-4,7H2,1H3,(H,19,20). The molecule has 0 saturated heterocycles. The van der Waals surface area contributed by atoms with Crippen molar-refractivity contribution < 1.29 is 14.3 Å². The van der Waals surface area contributed by atoms with Gasteiger partial charge >= 0.3 is 5.97 Å². The van der Waals surface area contributed by atoms with Gasteiger partial charge in [-0.05, 0) is 30.9 Å². The lowest BCUT2D eigenvalue weighted by molar-refractivity contribution is 0.0688. The lowest BCUT2D eigenvalue weighted by Crippen LogP contribution is -2.16. The van der Waals surface area contributed by atoms with Gasteiger partial charge in [0.1, 0.15) is 11.6 Å². The third kappa shape index (κ3) is 1.99. The summed E-state index contributed by atoms with van der Waals surface area (Å²) in [6, 6.07) is 6.12. The molecule has 0 aliphatic carbocycles.